The quantitative estimate of drug-likeness (QED) is 0.643. The van der Waals surface area contributed by atoms with Gasteiger partial charge in [0.25, 0.3) is 5.91 Å². The number of amides is 1. The smallest absolute Gasteiger partial charge is 0.261 e. The fraction of sp³-hybridized carbons (Fsp3) is 0.467. The lowest BCUT2D eigenvalue weighted by molar-refractivity contribution is -0.127. The van der Waals surface area contributed by atoms with Crippen molar-refractivity contribution in [3.05, 3.63) is 23.8 Å². The summed E-state index contributed by atoms with van der Waals surface area (Å²) in [5, 5.41) is 6.54. The van der Waals surface area contributed by atoms with Crippen LogP contribution in [0, 0.1) is 0 Å². The molecule has 1 aromatic carbocycles. The van der Waals surface area contributed by atoms with Crippen LogP contribution in [0.3, 0.4) is 0 Å². The lowest BCUT2D eigenvalue weighted by Gasteiger charge is -2.19. The normalized spacial score (nSPS) is 11.3. The van der Waals surface area contributed by atoms with Gasteiger partial charge in [0, 0.05) is 11.1 Å². The van der Waals surface area contributed by atoms with Gasteiger partial charge in [-0.1, -0.05) is 5.16 Å². The van der Waals surface area contributed by atoms with Crippen LogP contribution in [-0.2, 0) is 9.63 Å². The summed E-state index contributed by atoms with van der Waals surface area (Å²) < 4.78 is 10.3. The van der Waals surface area contributed by atoms with E-state index in [1.807, 2.05) is 26.8 Å². The van der Waals surface area contributed by atoms with Crippen molar-refractivity contribution in [3.8, 4) is 11.5 Å². The Morgan fingerprint density at radius 3 is 2.48 bits per heavy atom. The SMILES string of the molecule is COc1ccc(/C=N\OCC(=O)NC(C)(C)C)cc1OC. The van der Waals surface area contributed by atoms with E-state index in [0.29, 0.717) is 11.5 Å². The van der Waals surface area contributed by atoms with Crippen LogP contribution in [0.4, 0.5) is 0 Å². The average Bonchev–Trinajstić information content (AvgIpc) is 2.41. The fourth-order valence-electron chi connectivity index (χ4n) is 1.58. The van der Waals surface area contributed by atoms with E-state index < -0.39 is 0 Å². The predicted molar refractivity (Wildman–Crippen MR) is 81.0 cm³/mol. The maximum Gasteiger partial charge on any atom is 0.261 e. The van der Waals surface area contributed by atoms with E-state index in [1.54, 1.807) is 26.4 Å². The van der Waals surface area contributed by atoms with Crippen LogP contribution < -0.4 is 14.8 Å². The molecule has 0 aliphatic rings. The topological polar surface area (TPSA) is 69.2 Å². The first-order valence-electron chi connectivity index (χ1n) is 6.54. The van der Waals surface area contributed by atoms with E-state index in [0.717, 1.165) is 5.56 Å². The van der Waals surface area contributed by atoms with E-state index in [1.165, 1.54) is 6.21 Å². The Morgan fingerprint density at radius 2 is 1.90 bits per heavy atom. The first-order valence-corrected chi connectivity index (χ1v) is 6.54. The van der Waals surface area contributed by atoms with Gasteiger partial charge in [-0.25, -0.2) is 0 Å². The Kier molecular flexibility index (Phi) is 6.02. The lowest BCUT2D eigenvalue weighted by Crippen LogP contribution is -2.42. The van der Waals surface area contributed by atoms with Gasteiger partial charge < -0.3 is 19.6 Å². The minimum absolute atomic E-state index is 0.124. The standard InChI is InChI=1S/C15H22N2O4/c1-15(2,3)17-14(18)10-21-16-9-11-6-7-12(19-4)13(8-11)20-5/h6-9H,10H2,1-5H3,(H,17,18)/b16-9-. The number of ether oxygens (including phenoxy) is 2. The maximum atomic E-state index is 11.5. The highest BCUT2D eigenvalue weighted by molar-refractivity contribution is 5.81. The van der Waals surface area contributed by atoms with E-state index in [2.05, 4.69) is 10.5 Å². The van der Waals surface area contributed by atoms with Crippen LogP contribution in [-0.4, -0.2) is 38.5 Å². The maximum absolute atomic E-state index is 11.5. The Balaban J connectivity index is 2.52. The van der Waals surface area contributed by atoms with Crippen LogP contribution >= 0.6 is 0 Å². The van der Waals surface area contributed by atoms with Crippen molar-refractivity contribution in [1.82, 2.24) is 5.32 Å². The Labute approximate surface area is 125 Å². The zero-order valence-electron chi connectivity index (χ0n) is 13.1. The number of oxime groups is 1. The molecule has 0 fully saturated rings. The molecule has 0 aliphatic carbocycles. The van der Waals surface area contributed by atoms with Gasteiger partial charge in [0.2, 0.25) is 0 Å². The van der Waals surface area contributed by atoms with Gasteiger partial charge in [-0.15, -0.1) is 0 Å². The molecular weight excluding hydrogens is 272 g/mol. The second kappa shape index (κ2) is 7.52. The molecule has 1 amide bonds. The minimum Gasteiger partial charge on any atom is -0.493 e. The van der Waals surface area contributed by atoms with Gasteiger partial charge >= 0.3 is 0 Å². The molecule has 0 radical (unpaired) electrons. The number of hydrogen-bond acceptors (Lipinski definition) is 5. The van der Waals surface area contributed by atoms with Crippen molar-refractivity contribution in [2.75, 3.05) is 20.8 Å². The number of benzene rings is 1. The van der Waals surface area contributed by atoms with E-state index in [4.69, 9.17) is 14.3 Å². The number of hydrogen-bond donors (Lipinski definition) is 1. The number of nitrogens with zero attached hydrogens (tertiary/aromatic N) is 1. The Hall–Kier alpha value is -2.24. The van der Waals surface area contributed by atoms with Crippen molar-refractivity contribution >= 4 is 12.1 Å². The van der Waals surface area contributed by atoms with Crippen LogP contribution in [0.1, 0.15) is 26.3 Å². The molecule has 116 valence electrons. The largest absolute Gasteiger partial charge is 0.493 e. The molecule has 6 heteroatoms. The minimum atomic E-state index is -0.284. The summed E-state index contributed by atoms with van der Waals surface area (Å²) in [6, 6.07) is 5.34. The summed E-state index contributed by atoms with van der Waals surface area (Å²) in [6.07, 6.45) is 1.51. The predicted octanol–water partition coefficient (Wildman–Crippen LogP) is 1.97. The number of rotatable bonds is 6. The summed E-state index contributed by atoms with van der Waals surface area (Å²) in [4.78, 5) is 16.5. The summed E-state index contributed by atoms with van der Waals surface area (Å²) in [5.41, 5.74) is 0.497. The van der Waals surface area contributed by atoms with Crippen LogP contribution in [0.5, 0.6) is 11.5 Å². The molecule has 6 nitrogen and oxygen atoms in total. The second-order valence-electron chi connectivity index (χ2n) is 5.42. The highest BCUT2D eigenvalue weighted by Gasteiger charge is 2.13. The fourth-order valence-corrected chi connectivity index (χ4v) is 1.58. The molecule has 0 saturated heterocycles. The molecule has 0 saturated carbocycles. The van der Waals surface area contributed by atoms with Crippen molar-refractivity contribution in [2.45, 2.75) is 26.3 Å². The van der Waals surface area contributed by atoms with E-state index in [-0.39, 0.29) is 18.1 Å². The third-order valence-electron chi connectivity index (χ3n) is 2.39. The van der Waals surface area contributed by atoms with Gasteiger partial charge in [0.1, 0.15) is 0 Å². The van der Waals surface area contributed by atoms with Gasteiger partial charge in [-0.2, -0.15) is 0 Å². The molecular formula is C15H22N2O4. The van der Waals surface area contributed by atoms with Crippen LogP contribution in [0.15, 0.2) is 23.4 Å². The van der Waals surface area contributed by atoms with Crippen molar-refractivity contribution in [3.63, 3.8) is 0 Å². The molecule has 1 aromatic rings. The summed E-state index contributed by atoms with van der Waals surface area (Å²) in [7, 11) is 3.13. The van der Waals surface area contributed by atoms with Gasteiger partial charge in [0.15, 0.2) is 18.1 Å². The summed E-state index contributed by atoms with van der Waals surface area (Å²) in [5.74, 6) is 1.03. The molecule has 0 bridgehead atoms. The molecule has 1 rings (SSSR count). The molecule has 0 aliphatic heterocycles. The van der Waals surface area contributed by atoms with E-state index in [9.17, 15) is 4.79 Å². The van der Waals surface area contributed by atoms with Gasteiger partial charge in [-0.3, -0.25) is 4.79 Å². The van der Waals surface area contributed by atoms with Crippen molar-refractivity contribution < 1.29 is 19.1 Å². The first kappa shape index (κ1) is 16.8. The molecule has 21 heavy (non-hydrogen) atoms. The molecule has 0 atom stereocenters. The zero-order chi connectivity index (χ0) is 15.9. The van der Waals surface area contributed by atoms with Crippen molar-refractivity contribution in [2.24, 2.45) is 5.16 Å². The molecule has 0 spiro atoms. The second-order valence-corrected chi connectivity index (χ2v) is 5.42. The zero-order valence-corrected chi connectivity index (χ0v) is 13.1. The summed E-state index contributed by atoms with van der Waals surface area (Å²) in [6.45, 7) is 5.58. The third-order valence-corrected chi connectivity index (χ3v) is 2.39. The van der Waals surface area contributed by atoms with Crippen LogP contribution in [0.2, 0.25) is 0 Å². The monoisotopic (exact) mass is 294 g/mol. The van der Waals surface area contributed by atoms with Crippen molar-refractivity contribution in [1.29, 1.82) is 0 Å². The molecule has 0 unspecified atom stereocenters. The average molecular weight is 294 g/mol. The Morgan fingerprint density at radius 1 is 1.24 bits per heavy atom. The number of methoxy groups -OCH3 is 2. The number of carbonyl (C=O) groups excluding carboxylic acids is 1. The number of nitrogens with one attached hydrogen (secondary N) is 1. The lowest BCUT2D eigenvalue weighted by atomic mass is 10.1. The molecule has 0 heterocycles. The van der Waals surface area contributed by atoms with Crippen LogP contribution in [0.25, 0.3) is 0 Å². The highest BCUT2D eigenvalue weighted by atomic mass is 16.6. The summed E-state index contributed by atoms with van der Waals surface area (Å²) >= 11 is 0. The van der Waals surface area contributed by atoms with E-state index >= 15 is 0 Å². The Bertz CT molecular complexity index is 507. The first-order chi connectivity index (χ1) is 9.85. The molecule has 0 aromatic heterocycles. The molecule has 1 N–H and O–H groups in total. The van der Waals surface area contributed by atoms with Gasteiger partial charge in [-0.05, 0) is 39.0 Å². The van der Waals surface area contributed by atoms with Gasteiger partial charge in [0.05, 0.1) is 20.4 Å². The number of carbonyl (C=O) groups is 1. The third kappa shape index (κ3) is 6.16. The highest BCUT2D eigenvalue weighted by Crippen LogP contribution is 2.26.